The molecule has 6 heteroatoms. The molecule has 0 aromatic carbocycles. The van der Waals surface area contributed by atoms with Gasteiger partial charge in [-0.05, 0) is 31.5 Å². The summed E-state index contributed by atoms with van der Waals surface area (Å²) in [5.74, 6) is -0.0889. The van der Waals surface area contributed by atoms with E-state index in [2.05, 4.69) is 23.6 Å². The SMILES string of the molecule is CCc1ccc(CN2C(=O)NC3(CCNC3)C2=O)s1. The number of nitrogens with zero attached hydrogens (tertiary/aromatic N) is 1. The average Bonchev–Trinajstić information content (AvgIpc) is 3.08. The quantitative estimate of drug-likeness (QED) is 0.814. The summed E-state index contributed by atoms with van der Waals surface area (Å²) in [5.41, 5.74) is -0.693. The van der Waals surface area contributed by atoms with E-state index in [-0.39, 0.29) is 11.9 Å². The van der Waals surface area contributed by atoms with Crippen LogP contribution in [0.1, 0.15) is 23.1 Å². The summed E-state index contributed by atoms with van der Waals surface area (Å²) in [5, 5.41) is 5.99. The van der Waals surface area contributed by atoms with Crippen molar-refractivity contribution in [2.24, 2.45) is 0 Å². The molecule has 2 N–H and O–H groups in total. The van der Waals surface area contributed by atoms with Crippen LogP contribution in [0.5, 0.6) is 0 Å². The minimum absolute atomic E-state index is 0.0889. The van der Waals surface area contributed by atoms with Crippen LogP contribution in [0.3, 0.4) is 0 Å². The molecule has 102 valence electrons. The van der Waals surface area contributed by atoms with Crippen molar-refractivity contribution in [1.82, 2.24) is 15.5 Å². The van der Waals surface area contributed by atoms with Crippen LogP contribution in [-0.2, 0) is 17.8 Å². The lowest BCUT2D eigenvalue weighted by Crippen LogP contribution is -2.48. The number of hydrogen-bond donors (Lipinski definition) is 2. The standard InChI is InChI=1S/C13H17N3O2S/c1-2-9-3-4-10(19-9)7-16-11(17)13(15-12(16)18)5-6-14-8-13/h3-4,14H,2,5-8H2,1H3,(H,15,18). The summed E-state index contributed by atoms with van der Waals surface area (Å²) in [6.07, 6.45) is 1.66. The molecule has 1 aromatic heterocycles. The molecule has 1 unspecified atom stereocenters. The summed E-state index contributed by atoms with van der Waals surface area (Å²) in [7, 11) is 0. The van der Waals surface area contributed by atoms with Crippen LogP contribution in [0.2, 0.25) is 0 Å². The summed E-state index contributed by atoms with van der Waals surface area (Å²) < 4.78 is 0. The first-order valence-electron chi connectivity index (χ1n) is 6.57. The molecular formula is C13H17N3O2S. The van der Waals surface area contributed by atoms with Gasteiger partial charge in [0.15, 0.2) is 0 Å². The minimum Gasteiger partial charge on any atom is -0.322 e. The Morgan fingerprint density at radius 3 is 2.79 bits per heavy atom. The Kier molecular flexibility index (Phi) is 3.06. The molecule has 5 nitrogen and oxygen atoms in total. The van der Waals surface area contributed by atoms with Crippen LogP contribution in [-0.4, -0.2) is 35.5 Å². The van der Waals surface area contributed by atoms with Crippen molar-refractivity contribution in [3.63, 3.8) is 0 Å². The van der Waals surface area contributed by atoms with Crippen LogP contribution in [0.4, 0.5) is 4.79 Å². The van der Waals surface area contributed by atoms with E-state index < -0.39 is 5.54 Å². The highest BCUT2D eigenvalue weighted by Gasteiger charge is 2.52. The summed E-state index contributed by atoms with van der Waals surface area (Å²) in [6, 6.07) is 3.80. The van der Waals surface area contributed by atoms with Crippen molar-refractivity contribution in [3.8, 4) is 0 Å². The van der Waals surface area contributed by atoms with Crippen molar-refractivity contribution in [1.29, 1.82) is 0 Å². The molecule has 0 aliphatic carbocycles. The van der Waals surface area contributed by atoms with Crippen molar-refractivity contribution < 1.29 is 9.59 Å². The number of carbonyl (C=O) groups excluding carboxylic acids is 2. The predicted molar refractivity (Wildman–Crippen MR) is 73.0 cm³/mol. The van der Waals surface area contributed by atoms with Gasteiger partial charge >= 0.3 is 6.03 Å². The molecule has 1 spiro atoms. The average molecular weight is 279 g/mol. The van der Waals surface area contributed by atoms with Crippen LogP contribution in [0.25, 0.3) is 0 Å². The molecular weight excluding hydrogens is 262 g/mol. The lowest BCUT2D eigenvalue weighted by atomic mass is 9.99. The number of amides is 3. The van der Waals surface area contributed by atoms with Gasteiger partial charge in [-0.3, -0.25) is 9.69 Å². The maximum Gasteiger partial charge on any atom is 0.325 e. The van der Waals surface area contributed by atoms with Crippen LogP contribution < -0.4 is 10.6 Å². The van der Waals surface area contributed by atoms with E-state index in [0.717, 1.165) is 17.8 Å². The van der Waals surface area contributed by atoms with Crippen LogP contribution >= 0.6 is 11.3 Å². The third-order valence-electron chi connectivity index (χ3n) is 3.78. The molecule has 0 bridgehead atoms. The zero-order valence-corrected chi connectivity index (χ0v) is 11.7. The fourth-order valence-electron chi connectivity index (χ4n) is 2.65. The van der Waals surface area contributed by atoms with Gasteiger partial charge in [0.2, 0.25) is 0 Å². The highest BCUT2D eigenvalue weighted by atomic mass is 32.1. The molecule has 2 aliphatic heterocycles. The number of nitrogens with one attached hydrogen (secondary N) is 2. The van der Waals surface area contributed by atoms with E-state index in [4.69, 9.17) is 0 Å². The number of rotatable bonds is 3. The number of carbonyl (C=O) groups is 2. The summed E-state index contributed by atoms with van der Waals surface area (Å²) >= 11 is 1.67. The van der Waals surface area contributed by atoms with E-state index in [9.17, 15) is 9.59 Å². The predicted octanol–water partition coefficient (Wildman–Crippen LogP) is 1.09. The van der Waals surface area contributed by atoms with Gasteiger partial charge in [-0.15, -0.1) is 11.3 Å². The Hall–Kier alpha value is -1.40. The van der Waals surface area contributed by atoms with Gasteiger partial charge in [0, 0.05) is 16.3 Å². The number of hydrogen-bond acceptors (Lipinski definition) is 4. The lowest BCUT2D eigenvalue weighted by molar-refractivity contribution is -0.131. The van der Waals surface area contributed by atoms with Crippen molar-refractivity contribution in [2.45, 2.75) is 31.8 Å². The maximum absolute atomic E-state index is 12.4. The molecule has 1 aromatic rings. The number of thiophene rings is 1. The van der Waals surface area contributed by atoms with E-state index >= 15 is 0 Å². The molecule has 3 heterocycles. The highest BCUT2D eigenvalue weighted by molar-refractivity contribution is 7.11. The highest BCUT2D eigenvalue weighted by Crippen LogP contribution is 2.27. The maximum atomic E-state index is 12.4. The van der Waals surface area contributed by atoms with Gasteiger partial charge in [-0.2, -0.15) is 0 Å². The molecule has 0 radical (unpaired) electrons. The Morgan fingerprint density at radius 1 is 1.37 bits per heavy atom. The zero-order valence-electron chi connectivity index (χ0n) is 10.9. The molecule has 1 atom stereocenters. The van der Waals surface area contributed by atoms with Crippen molar-refractivity contribution >= 4 is 23.3 Å². The summed E-state index contributed by atoms with van der Waals surface area (Å²) in [4.78, 5) is 28.1. The van der Waals surface area contributed by atoms with E-state index in [1.165, 1.54) is 9.78 Å². The Morgan fingerprint density at radius 2 is 2.16 bits per heavy atom. The third kappa shape index (κ3) is 2.04. The number of aryl methyl sites for hydroxylation is 1. The first-order chi connectivity index (χ1) is 9.14. The van der Waals surface area contributed by atoms with Crippen LogP contribution in [0.15, 0.2) is 12.1 Å². The minimum atomic E-state index is -0.693. The van der Waals surface area contributed by atoms with Gasteiger partial charge in [0.1, 0.15) is 5.54 Å². The van der Waals surface area contributed by atoms with E-state index in [0.29, 0.717) is 19.5 Å². The number of urea groups is 1. The van der Waals surface area contributed by atoms with Crippen molar-refractivity contribution in [3.05, 3.63) is 21.9 Å². The lowest BCUT2D eigenvalue weighted by Gasteiger charge is -2.18. The topological polar surface area (TPSA) is 61.4 Å². The van der Waals surface area contributed by atoms with Gasteiger partial charge in [0.05, 0.1) is 6.54 Å². The first kappa shape index (κ1) is 12.6. The van der Waals surface area contributed by atoms with Gasteiger partial charge in [-0.25, -0.2) is 4.79 Å². The molecule has 19 heavy (non-hydrogen) atoms. The second-order valence-electron chi connectivity index (χ2n) is 5.05. The second kappa shape index (κ2) is 4.61. The normalized spacial score (nSPS) is 26.5. The fourth-order valence-corrected chi connectivity index (χ4v) is 3.60. The summed E-state index contributed by atoms with van der Waals surface area (Å²) in [6.45, 7) is 3.80. The Labute approximate surface area is 116 Å². The van der Waals surface area contributed by atoms with Crippen LogP contribution in [0, 0.1) is 0 Å². The molecule has 3 amide bonds. The Balaban J connectivity index is 1.77. The third-order valence-corrected chi connectivity index (χ3v) is 5.00. The fraction of sp³-hybridized carbons (Fsp3) is 0.538. The molecule has 2 aliphatic rings. The van der Waals surface area contributed by atoms with Gasteiger partial charge < -0.3 is 10.6 Å². The van der Waals surface area contributed by atoms with E-state index in [1.807, 2.05) is 6.07 Å². The van der Waals surface area contributed by atoms with Crippen molar-refractivity contribution in [2.75, 3.05) is 13.1 Å². The largest absolute Gasteiger partial charge is 0.325 e. The Bertz CT molecular complexity index is 520. The van der Waals surface area contributed by atoms with E-state index in [1.54, 1.807) is 11.3 Å². The molecule has 2 fully saturated rings. The molecule has 0 saturated carbocycles. The van der Waals surface area contributed by atoms with Gasteiger partial charge in [0.25, 0.3) is 5.91 Å². The van der Waals surface area contributed by atoms with Gasteiger partial charge in [-0.1, -0.05) is 6.92 Å². The monoisotopic (exact) mass is 279 g/mol. The smallest absolute Gasteiger partial charge is 0.322 e. The molecule has 3 rings (SSSR count). The number of imide groups is 1. The zero-order chi connectivity index (χ0) is 13.5. The molecule has 2 saturated heterocycles. The second-order valence-corrected chi connectivity index (χ2v) is 6.30. The first-order valence-corrected chi connectivity index (χ1v) is 7.39.